The Balaban J connectivity index is 1.56. The van der Waals surface area contributed by atoms with Crippen molar-refractivity contribution in [3.05, 3.63) is 87.6 Å². The molecule has 0 bridgehead atoms. The Kier molecular flexibility index (Phi) is 9.67. The third-order valence-electron chi connectivity index (χ3n) is 9.04. The number of amides is 1. The maximum Gasteiger partial charge on any atom is 0.416 e. The summed E-state index contributed by atoms with van der Waals surface area (Å²) in [7, 11) is 2.41. The van der Waals surface area contributed by atoms with Crippen LogP contribution in [0.3, 0.4) is 0 Å². The van der Waals surface area contributed by atoms with Crippen LogP contribution in [0, 0.1) is 17.0 Å². The minimum absolute atomic E-state index is 0.00401. The highest BCUT2D eigenvalue weighted by Crippen LogP contribution is 2.47. The lowest BCUT2D eigenvalue weighted by Crippen LogP contribution is -2.35. The average Bonchev–Trinajstić information content (AvgIpc) is 3.32. The van der Waals surface area contributed by atoms with E-state index in [0.29, 0.717) is 48.1 Å². The maximum atomic E-state index is 15.2. The van der Waals surface area contributed by atoms with Gasteiger partial charge >= 0.3 is 24.4 Å². The van der Waals surface area contributed by atoms with Crippen LogP contribution in [0.2, 0.25) is 0 Å². The minimum atomic E-state index is -5.09. The quantitative estimate of drug-likeness (QED) is 0.180. The average molecular weight is 713 g/mol. The van der Waals surface area contributed by atoms with Crippen LogP contribution in [-0.4, -0.2) is 48.8 Å². The summed E-state index contributed by atoms with van der Waals surface area (Å²) in [4.78, 5) is 30.6. The molecule has 50 heavy (non-hydrogen) atoms. The number of hydrogen-bond donors (Lipinski definition) is 0. The second-order valence-electron chi connectivity index (χ2n) is 13.0. The summed E-state index contributed by atoms with van der Waals surface area (Å²) in [6.07, 6.45) is -9.72. The largest absolute Gasteiger partial charge is 0.495 e. The normalized spacial score (nSPS) is 19.5. The summed E-state index contributed by atoms with van der Waals surface area (Å²) in [5.74, 6) is -3.56. The number of benzene rings is 2. The fourth-order valence-corrected chi connectivity index (χ4v) is 6.40. The Morgan fingerprint density at radius 2 is 1.62 bits per heavy atom. The lowest BCUT2D eigenvalue weighted by atomic mass is 9.72. The van der Waals surface area contributed by atoms with Crippen LogP contribution in [0.25, 0.3) is 16.8 Å². The van der Waals surface area contributed by atoms with E-state index in [2.05, 4.69) is 9.72 Å². The van der Waals surface area contributed by atoms with E-state index in [4.69, 9.17) is 9.47 Å². The van der Waals surface area contributed by atoms with Gasteiger partial charge in [-0.1, -0.05) is 13.8 Å². The molecule has 0 radical (unpaired) electrons. The lowest BCUT2D eigenvalue weighted by Gasteiger charge is -2.36. The van der Waals surface area contributed by atoms with Gasteiger partial charge in [-0.3, -0.25) is 9.88 Å². The molecule has 1 fully saturated rings. The molecule has 1 unspecified atom stereocenters. The van der Waals surface area contributed by atoms with Gasteiger partial charge in [-0.2, -0.15) is 26.3 Å². The summed E-state index contributed by atoms with van der Waals surface area (Å²) < 4.78 is 127. The zero-order chi connectivity index (χ0) is 36.9. The van der Waals surface area contributed by atoms with Gasteiger partial charge in [-0.15, -0.1) is 0 Å². The van der Waals surface area contributed by atoms with E-state index in [1.807, 2.05) is 13.8 Å². The van der Waals surface area contributed by atoms with E-state index in [1.165, 1.54) is 37.3 Å². The predicted molar refractivity (Wildman–Crippen MR) is 164 cm³/mol. The SMILES string of the molecule is COC(=O)c1ccc(-c2cc(C3=C(CN4C(=O)OC(c5cc(C(F)(F)F)cc(C(F)(F)F)c5)[C@@H]4C)CC(C)(C)CC3)c(OC)cn2)c(F)c1F. The minimum Gasteiger partial charge on any atom is -0.495 e. The predicted octanol–water partition coefficient (Wildman–Crippen LogP) is 9.41. The number of halogens is 8. The molecular weight excluding hydrogens is 680 g/mol. The number of cyclic esters (lactones) is 1. The van der Waals surface area contributed by atoms with E-state index in [1.54, 1.807) is 0 Å². The van der Waals surface area contributed by atoms with Gasteiger partial charge in [0.1, 0.15) is 11.9 Å². The number of carbonyl (C=O) groups excluding carboxylic acids is 2. The molecule has 7 nitrogen and oxygen atoms in total. The summed E-state index contributed by atoms with van der Waals surface area (Å²) in [5, 5.41) is 0. The second kappa shape index (κ2) is 13.2. The summed E-state index contributed by atoms with van der Waals surface area (Å²) in [6.45, 7) is 5.36. The Bertz CT molecular complexity index is 1840. The molecule has 1 saturated heterocycles. The third-order valence-corrected chi connectivity index (χ3v) is 9.04. The molecular formula is C35H32F8N2O5. The van der Waals surface area contributed by atoms with Crippen LogP contribution in [0.4, 0.5) is 39.9 Å². The second-order valence-corrected chi connectivity index (χ2v) is 13.0. The van der Waals surface area contributed by atoms with Crippen molar-refractivity contribution < 1.29 is 58.9 Å². The van der Waals surface area contributed by atoms with Crippen LogP contribution in [0.5, 0.6) is 5.75 Å². The van der Waals surface area contributed by atoms with E-state index in [0.717, 1.165) is 13.2 Å². The number of alkyl halides is 6. The van der Waals surface area contributed by atoms with E-state index >= 15 is 4.39 Å². The first-order valence-corrected chi connectivity index (χ1v) is 15.3. The topological polar surface area (TPSA) is 78.0 Å². The molecule has 5 rings (SSSR count). The van der Waals surface area contributed by atoms with Crippen LogP contribution < -0.4 is 4.74 Å². The standard InChI is InChI=1S/C35H32F8N2O5/c1-17-30(18-10-20(34(38,39)40)12-21(11-18)35(41,42)43)50-32(47)45(17)16-19-14-33(2,3)9-8-22(19)25-13-26(44-15-27(25)48-4)23-6-7-24(31(46)49-5)29(37)28(23)36/h6-7,10-13,15,17,30H,8-9,14,16H2,1-5H3/t17-,30?/m0/s1. The van der Waals surface area contributed by atoms with Crippen LogP contribution >= 0.6 is 0 Å². The summed E-state index contributed by atoms with van der Waals surface area (Å²) in [6, 6.07) is 3.85. The molecule has 2 aromatic carbocycles. The van der Waals surface area contributed by atoms with Crippen LogP contribution in [-0.2, 0) is 21.8 Å². The molecule has 268 valence electrons. The van der Waals surface area contributed by atoms with Crippen molar-refractivity contribution in [2.24, 2.45) is 5.41 Å². The number of hydrogen-bond acceptors (Lipinski definition) is 6. The first kappa shape index (κ1) is 36.6. The molecule has 1 aromatic heterocycles. The molecule has 2 atom stereocenters. The first-order valence-electron chi connectivity index (χ1n) is 15.3. The number of carbonyl (C=O) groups is 2. The maximum absolute atomic E-state index is 15.2. The van der Waals surface area contributed by atoms with Crippen molar-refractivity contribution in [2.75, 3.05) is 20.8 Å². The van der Waals surface area contributed by atoms with Gasteiger partial charge in [0, 0.05) is 17.7 Å². The highest BCUT2D eigenvalue weighted by atomic mass is 19.4. The number of allylic oxidation sites excluding steroid dienone is 1. The molecule has 2 heterocycles. The highest BCUT2D eigenvalue weighted by Gasteiger charge is 2.44. The number of ether oxygens (including phenoxy) is 3. The Hall–Kier alpha value is -4.69. The third kappa shape index (κ3) is 7.13. The molecule has 1 aliphatic heterocycles. The van der Waals surface area contributed by atoms with Crippen molar-refractivity contribution in [1.82, 2.24) is 9.88 Å². The zero-order valence-electron chi connectivity index (χ0n) is 27.5. The van der Waals surface area contributed by atoms with Gasteiger partial charge in [-0.25, -0.2) is 18.4 Å². The van der Waals surface area contributed by atoms with Crippen molar-refractivity contribution >= 4 is 17.6 Å². The Labute approximate surface area is 281 Å². The van der Waals surface area contributed by atoms with Gasteiger partial charge in [0.25, 0.3) is 0 Å². The molecule has 15 heteroatoms. The highest BCUT2D eigenvalue weighted by molar-refractivity contribution is 5.90. The number of nitrogens with zero attached hydrogens (tertiary/aromatic N) is 2. The van der Waals surface area contributed by atoms with Gasteiger partial charge in [0.2, 0.25) is 0 Å². The van der Waals surface area contributed by atoms with E-state index in [9.17, 15) is 40.3 Å². The van der Waals surface area contributed by atoms with Crippen LogP contribution in [0.15, 0.2) is 48.2 Å². The van der Waals surface area contributed by atoms with Crippen molar-refractivity contribution in [3.8, 4) is 17.0 Å². The fraction of sp³-hybridized carbons (Fsp3) is 0.400. The molecule has 1 aliphatic carbocycles. The number of aromatic nitrogens is 1. The number of rotatable bonds is 7. The molecule has 0 saturated carbocycles. The number of methoxy groups -OCH3 is 2. The van der Waals surface area contributed by atoms with Gasteiger partial charge in [0.05, 0.1) is 48.8 Å². The van der Waals surface area contributed by atoms with Crippen molar-refractivity contribution in [2.45, 2.75) is 64.5 Å². The van der Waals surface area contributed by atoms with Crippen molar-refractivity contribution in [3.63, 3.8) is 0 Å². The summed E-state index contributed by atoms with van der Waals surface area (Å²) in [5.41, 5.74) is -2.83. The van der Waals surface area contributed by atoms with E-state index in [-0.39, 0.29) is 35.0 Å². The molecule has 2 aliphatic rings. The monoisotopic (exact) mass is 712 g/mol. The number of esters is 1. The van der Waals surface area contributed by atoms with Crippen LogP contribution in [0.1, 0.15) is 78.7 Å². The molecule has 0 N–H and O–H groups in total. The molecule has 3 aromatic rings. The molecule has 1 amide bonds. The Morgan fingerprint density at radius 1 is 0.980 bits per heavy atom. The lowest BCUT2D eigenvalue weighted by molar-refractivity contribution is -0.143. The van der Waals surface area contributed by atoms with Gasteiger partial charge < -0.3 is 14.2 Å². The molecule has 0 spiro atoms. The first-order chi connectivity index (χ1) is 23.3. The fourth-order valence-electron chi connectivity index (χ4n) is 6.40. The number of pyridine rings is 1. The zero-order valence-corrected chi connectivity index (χ0v) is 27.5. The van der Waals surface area contributed by atoms with E-state index < -0.39 is 70.4 Å². The summed E-state index contributed by atoms with van der Waals surface area (Å²) >= 11 is 0. The van der Waals surface area contributed by atoms with Crippen molar-refractivity contribution in [1.29, 1.82) is 0 Å². The van der Waals surface area contributed by atoms with Gasteiger partial charge in [0.15, 0.2) is 11.6 Å². The Morgan fingerprint density at radius 3 is 2.20 bits per heavy atom. The van der Waals surface area contributed by atoms with Gasteiger partial charge in [-0.05, 0) is 84.7 Å². The smallest absolute Gasteiger partial charge is 0.416 e.